The highest BCUT2D eigenvalue weighted by Gasteiger charge is 2.11. The number of benzene rings is 1. The zero-order chi connectivity index (χ0) is 15.7. The molecule has 1 amide bonds. The van der Waals surface area contributed by atoms with Crippen molar-refractivity contribution < 1.29 is 14.3 Å². The quantitative estimate of drug-likeness (QED) is 0.755. The number of carbonyl (C=O) groups excluding carboxylic acids is 1. The number of amides is 1. The number of nitrogens with zero attached hydrogens (tertiary/aromatic N) is 1. The van der Waals surface area contributed by atoms with Gasteiger partial charge in [0, 0.05) is 33.0 Å². The minimum Gasteiger partial charge on any atom is -0.383 e. The molecule has 0 saturated heterocycles. The Morgan fingerprint density at radius 2 is 1.76 bits per heavy atom. The summed E-state index contributed by atoms with van der Waals surface area (Å²) in [6, 6.07) is 6.04. The lowest BCUT2D eigenvalue weighted by Crippen LogP contribution is -2.37. The molecule has 0 aliphatic heterocycles. The van der Waals surface area contributed by atoms with Crippen molar-refractivity contribution in [3.05, 3.63) is 29.3 Å². The number of aryl methyl sites for hydroxylation is 2. The molecule has 1 aromatic rings. The molecule has 1 N–H and O–H groups in total. The molecule has 0 aliphatic rings. The number of anilines is 1. The van der Waals surface area contributed by atoms with E-state index in [1.54, 1.807) is 14.2 Å². The maximum atomic E-state index is 12.2. The maximum absolute atomic E-state index is 12.2. The molecule has 0 fully saturated rings. The van der Waals surface area contributed by atoms with Crippen molar-refractivity contribution in [1.82, 2.24) is 4.90 Å². The van der Waals surface area contributed by atoms with Crippen LogP contribution < -0.4 is 5.32 Å². The Hall–Kier alpha value is -1.43. The summed E-state index contributed by atoms with van der Waals surface area (Å²) in [5.41, 5.74) is 3.07. The molecule has 0 bridgehead atoms. The first-order chi connectivity index (χ1) is 10.1. The van der Waals surface area contributed by atoms with Crippen LogP contribution in [-0.2, 0) is 14.3 Å². The van der Waals surface area contributed by atoms with Gasteiger partial charge in [0.05, 0.1) is 19.8 Å². The molecule has 0 aromatic heterocycles. The fourth-order valence-corrected chi connectivity index (χ4v) is 1.97. The van der Waals surface area contributed by atoms with Crippen LogP contribution in [0.3, 0.4) is 0 Å². The summed E-state index contributed by atoms with van der Waals surface area (Å²) < 4.78 is 10.1. The first-order valence-electron chi connectivity index (χ1n) is 7.14. The summed E-state index contributed by atoms with van der Waals surface area (Å²) in [7, 11) is 3.31. The Kier molecular flexibility index (Phi) is 7.97. The zero-order valence-corrected chi connectivity index (χ0v) is 13.4. The molecule has 21 heavy (non-hydrogen) atoms. The molecular formula is C16H26N2O3. The lowest BCUT2D eigenvalue weighted by atomic mass is 10.1. The van der Waals surface area contributed by atoms with E-state index in [4.69, 9.17) is 9.47 Å². The predicted molar refractivity (Wildman–Crippen MR) is 84.7 cm³/mol. The third kappa shape index (κ3) is 6.71. The molecular weight excluding hydrogens is 268 g/mol. The third-order valence-electron chi connectivity index (χ3n) is 3.26. The SMILES string of the molecule is COCCN(CCOC)CC(=O)Nc1cc(C)ccc1C. The smallest absolute Gasteiger partial charge is 0.238 e. The molecule has 0 saturated carbocycles. The van der Waals surface area contributed by atoms with Gasteiger partial charge in [-0.1, -0.05) is 12.1 Å². The van der Waals surface area contributed by atoms with Crippen LogP contribution in [-0.4, -0.2) is 57.9 Å². The molecule has 0 heterocycles. The normalized spacial score (nSPS) is 10.9. The number of methoxy groups -OCH3 is 2. The van der Waals surface area contributed by atoms with Crippen LogP contribution in [0.2, 0.25) is 0 Å². The van der Waals surface area contributed by atoms with Crippen molar-refractivity contribution in [2.24, 2.45) is 0 Å². The van der Waals surface area contributed by atoms with Crippen LogP contribution >= 0.6 is 0 Å². The maximum Gasteiger partial charge on any atom is 0.238 e. The van der Waals surface area contributed by atoms with Crippen LogP contribution in [0.15, 0.2) is 18.2 Å². The van der Waals surface area contributed by atoms with Crippen molar-refractivity contribution in [2.45, 2.75) is 13.8 Å². The van der Waals surface area contributed by atoms with Crippen molar-refractivity contribution in [2.75, 3.05) is 52.4 Å². The third-order valence-corrected chi connectivity index (χ3v) is 3.26. The number of carbonyl (C=O) groups is 1. The van der Waals surface area contributed by atoms with E-state index in [0.717, 1.165) is 16.8 Å². The van der Waals surface area contributed by atoms with Gasteiger partial charge in [-0.3, -0.25) is 9.69 Å². The molecule has 0 radical (unpaired) electrons. The van der Waals surface area contributed by atoms with Crippen LogP contribution in [0, 0.1) is 13.8 Å². The lowest BCUT2D eigenvalue weighted by molar-refractivity contribution is -0.117. The van der Waals surface area contributed by atoms with E-state index in [-0.39, 0.29) is 5.91 Å². The zero-order valence-electron chi connectivity index (χ0n) is 13.4. The summed E-state index contributed by atoms with van der Waals surface area (Å²) in [5.74, 6) is -0.0177. The molecule has 5 heteroatoms. The first-order valence-corrected chi connectivity index (χ1v) is 7.14. The lowest BCUT2D eigenvalue weighted by Gasteiger charge is -2.21. The summed E-state index contributed by atoms with van der Waals surface area (Å²) in [6.45, 7) is 6.95. The Balaban J connectivity index is 2.57. The topological polar surface area (TPSA) is 50.8 Å². The van der Waals surface area contributed by atoms with Gasteiger partial charge in [0.2, 0.25) is 5.91 Å². The standard InChI is InChI=1S/C16H26N2O3/c1-13-5-6-14(2)15(11-13)17-16(19)12-18(7-9-20-3)8-10-21-4/h5-6,11H,7-10,12H2,1-4H3,(H,17,19). The molecule has 5 nitrogen and oxygen atoms in total. The van der Waals surface area contributed by atoms with Gasteiger partial charge < -0.3 is 14.8 Å². The van der Waals surface area contributed by atoms with Gasteiger partial charge in [0.25, 0.3) is 0 Å². The van der Waals surface area contributed by atoms with E-state index in [1.807, 2.05) is 36.9 Å². The van der Waals surface area contributed by atoms with Crippen LogP contribution in [0.4, 0.5) is 5.69 Å². The van der Waals surface area contributed by atoms with Crippen molar-refractivity contribution in [3.8, 4) is 0 Å². The Morgan fingerprint density at radius 3 is 2.33 bits per heavy atom. The highest BCUT2D eigenvalue weighted by Crippen LogP contribution is 2.16. The van der Waals surface area contributed by atoms with Gasteiger partial charge in [-0.15, -0.1) is 0 Å². The number of rotatable bonds is 9. The van der Waals surface area contributed by atoms with Crippen LogP contribution in [0.25, 0.3) is 0 Å². The van der Waals surface area contributed by atoms with Crippen LogP contribution in [0.5, 0.6) is 0 Å². The Labute approximate surface area is 127 Å². The van der Waals surface area contributed by atoms with E-state index in [1.165, 1.54) is 0 Å². The average Bonchev–Trinajstić information content (AvgIpc) is 2.45. The molecule has 1 aromatic carbocycles. The predicted octanol–water partition coefficient (Wildman–Crippen LogP) is 1.84. The van der Waals surface area contributed by atoms with Crippen molar-refractivity contribution in [1.29, 1.82) is 0 Å². The summed E-state index contributed by atoms with van der Waals surface area (Å²) in [4.78, 5) is 14.2. The average molecular weight is 294 g/mol. The van der Waals surface area contributed by atoms with E-state index in [9.17, 15) is 4.79 Å². The molecule has 0 aliphatic carbocycles. The van der Waals surface area contributed by atoms with Gasteiger partial charge in [0.15, 0.2) is 0 Å². The molecule has 0 atom stereocenters. The highest BCUT2D eigenvalue weighted by molar-refractivity contribution is 5.93. The van der Waals surface area contributed by atoms with E-state index < -0.39 is 0 Å². The first kappa shape index (κ1) is 17.6. The second-order valence-corrected chi connectivity index (χ2v) is 5.13. The highest BCUT2D eigenvalue weighted by atomic mass is 16.5. The summed E-state index contributed by atoms with van der Waals surface area (Å²) in [6.07, 6.45) is 0. The molecule has 118 valence electrons. The monoisotopic (exact) mass is 294 g/mol. The molecule has 1 rings (SSSR count). The van der Waals surface area contributed by atoms with E-state index in [0.29, 0.717) is 32.8 Å². The fraction of sp³-hybridized carbons (Fsp3) is 0.562. The number of nitrogens with one attached hydrogen (secondary N) is 1. The van der Waals surface area contributed by atoms with Crippen molar-refractivity contribution in [3.63, 3.8) is 0 Å². The van der Waals surface area contributed by atoms with Crippen molar-refractivity contribution >= 4 is 11.6 Å². The van der Waals surface area contributed by atoms with Gasteiger partial charge in [-0.05, 0) is 31.0 Å². The number of hydrogen-bond donors (Lipinski definition) is 1. The minimum absolute atomic E-state index is 0.0177. The van der Waals surface area contributed by atoms with E-state index >= 15 is 0 Å². The minimum atomic E-state index is -0.0177. The second-order valence-electron chi connectivity index (χ2n) is 5.13. The Bertz CT molecular complexity index is 441. The molecule has 0 unspecified atom stereocenters. The van der Waals surface area contributed by atoms with Gasteiger partial charge in [0.1, 0.15) is 0 Å². The largest absolute Gasteiger partial charge is 0.383 e. The van der Waals surface area contributed by atoms with Gasteiger partial charge in [-0.25, -0.2) is 0 Å². The number of ether oxygens (including phenoxy) is 2. The van der Waals surface area contributed by atoms with Gasteiger partial charge in [-0.2, -0.15) is 0 Å². The van der Waals surface area contributed by atoms with Gasteiger partial charge >= 0.3 is 0 Å². The molecule has 0 spiro atoms. The summed E-state index contributed by atoms with van der Waals surface area (Å²) >= 11 is 0. The number of hydrogen-bond acceptors (Lipinski definition) is 4. The fourth-order valence-electron chi connectivity index (χ4n) is 1.97. The second kappa shape index (κ2) is 9.50. The summed E-state index contributed by atoms with van der Waals surface area (Å²) in [5, 5.41) is 2.97. The van der Waals surface area contributed by atoms with E-state index in [2.05, 4.69) is 5.32 Å². The van der Waals surface area contributed by atoms with Crippen LogP contribution in [0.1, 0.15) is 11.1 Å². The Morgan fingerprint density at radius 1 is 1.14 bits per heavy atom.